The van der Waals surface area contributed by atoms with Crippen molar-refractivity contribution in [3.05, 3.63) is 48.6 Å². The van der Waals surface area contributed by atoms with Gasteiger partial charge in [-0.05, 0) is 57.8 Å². The number of nitrogens with one attached hydrogen (secondary N) is 1. The average Bonchev–Trinajstić information content (AvgIpc) is 3.01. The molecule has 2 atom stereocenters. The molecule has 0 radical (unpaired) electrons. The molecular weight excluding hydrogens is 530 g/mol. The lowest BCUT2D eigenvalue weighted by Crippen LogP contribution is -2.45. The molecule has 1 amide bonds. The topological polar surface area (TPSA) is 69.6 Å². The second-order valence-corrected chi connectivity index (χ2v) is 12.3. The van der Waals surface area contributed by atoms with Crippen molar-refractivity contribution in [1.82, 2.24) is 5.32 Å². The summed E-state index contributed by atoms with van der Waals surface area (Å²) in [4.78, 5) is 12.3. The van der Waals surface area contributed by atoms with E-state index in [4.69, 9.17) is 0 Å². The molecule has 0 bridgehead atoms. The fourth-order valence-electron chi connectivity index (χ4n) is 5.18. The van der Waals surface area contributed by atoms with Crippen molar-refractivity contribution in [3.63, 3.8) is 0 Å². The van der Waals surface area contributed by atoms with Crippen LogP contribution in [0, 0.1) is 0 Å². The Morgan fingerprint density at radius 1 is 0.558 bits per heavy atom. The molecule has 0 spiro atoms. The van der Waals surface area contributed by atoms with E-state index >= 15 is 0 Å². The van der Waals surface area contributed by atoms with Crippen molar-refractivity contribution in [3.8, 4) is 0 Å². The van der Waals surface area contributed by atoms with Gasteiger partial charge in [-0.2, -0.15) is 0 Å². The van der Waals surface area contributed by atoms with Crippen molar-refractivity contribution in [2.24, 2.45) is 0 Å². The molecule has 0 aliphatic carbocycles. The summed E-state index contributed by atoms with van der Waals surface area (Å²) < 4.78 is 0. The predicted octanol–water partition coefficient (Wildman–Crippen LogP) is 10.8. The zero-order valence-corrected chi connectivity index (χ0v) is 28.5. The summed E-state index contributed by atoms with van der Waals surface area (Å²) in [5.41, 5.74) is 0. The molecule has 43 heavy (non-hydrogen) atoms. The van der Waals surface area contributed by atoms with E-state index in [0.717, 1.165) is 51.4 Å². The first-order valence-electron chi connectivity index (χ1n) is 18.4. The standard InChI is InChI=1S/C39H71NO3/c1-3-5-7-9-11-13-15-17-18-19-20-21-22-23-25-27-29-31-33-35-39(43)40-37(36-41)38(42)34-32-30-28-26-24-16-14-12-10-8-6-4-2/h11,13,17-18,20-21,32,34,37-38,41-42H,3-10,12,14-16,19,22-31,33,35-36H2,1-2H3,(H,40,43)/b13-11-,18-17-,21-20-,34-32+. The highest BCUT2D eigenvalue weighted by atomic mass is 16.3. The van der Waals surface area contributed by atoms with E-state index in [1.807, 2.05) is 6.08 Å². The van der Waals surface area contributed by atoms with Crippen LogP contribution in [0.5, 0.6) is 0 Å². The lowest BCUT2D eigenvalue weighted by molar-refractivity contribution is -0.123. The first kappa shape index (κ1) is 41.4. The molecule has 0 rings (SSSR count). The molecule has 4 heteroatoms. The van der Waals surface area contributed by atoms with Gasteiger partial charge in [0.05, 0.1) is 18.8 Å². The third-order valence-corrected chi connectivity index (χ3v) is 8.06. The maximum Gasteiger partial charge on any atom is 0.220 e. The van der Waals surface area contributed by atoms with E-state index < -0.39 is 12.1 Å². The Morgan fingerprint density at radius 2 is 0.953 bits per heavy atom. The first-order chi connectivity index (χ1) is 21.2. The molecule has 0 aliphatic heterocycles. The molecule has 0 aromatic rings. The molecule has 0 saturated carbocycles. The van der Waals surface area contributed by atoms with Gasteiger partial charge in [0.25, 0.3) is 0 Å². The van der Waals surface area contributed by atoms with E-state index in [1.165, 1.54) is 103 Å². The number of carbonyl (C=O) groups is 1. The van der Waals surface area contributed by atoms with Crippen molar-refractivity contribution in [2.45, 2.75) is 187 Å². The van der Waals surface area contributed by atoms with Gasteiger partial charge in [-0.3, -0.25) is 4.79 Å². The molecule has 0 fully saturated rings. The molecule has 0 saturated heterocycles. The maximum atomic E-state index is 12.3. The van der Waals surface area contributed by atoms with Gasteiger partial charge < -0.3 is 15.5 Å². The van der Waals surface area contributed by atoms with Crippen LogP contribution in [-0.2, 0) is 4.79 Å². The van der Waals surface area contributed by atoms with E-state index in [9.17, 15) is 15.0 Å². The number of amides is 1. The fourth-order valence-corrected chi connectivity index (χ4v) is 5.18. The number of rotatable bonds is 32. The van der Waals surface area contributed by atoms with Gasteiger partial charge in [-0.15, -0.1) is 0 Å². The number of unbranched alkanes of at least 4 members (excludes halogenated alkanes) is 19. The number of aliphatic hydroxyl groups is 2. The van der Waals surface area contributed by atoms with E-state index in [2.05, 4.69) is 55.6 Å². The minimum atomic E-state index is -0.843. The summed E-state index contributed by atoms with van der Waals surface area (Å²) >= 11 is 0. The van der Waals surface area contributed by atoms with Gasteiger partial charge in [-0.1, -0.05) is 159 Å². The highest BCUT2D eigenvalue weighted by molar-refractivity contribution is 5.76. The molecule has 2 unspecified atom stereocenters. The Labute approximate surface area is 267 Å². The zero-order chi connectivity index (χ0) is 31.5. The van der Waals surface area contributed by atoms with Crippen molar-refractivity contribution >= 4 is 5.91 Å². The molecular formula is C39H71NO3. The van der Waals surface area contributed by atoms with Gasteiger partial charge in [0.2, 0.25) is 5.91 Å². The summed E-state index contributed by atoms with van der Waals surface area (Å²) in [5.74, 6) is -0.0802. The van der Waals surface area contributed by atoms with Crippen LogP contribution < -0.4 is 5.32 Å². The first-order valence-corrected chi connectivity index (χ1v) is 18.4. The van der Waals surface area contributed by atoms with Gasteiger partial charge >= 0.3 is 0 Å². The number of carbonyl (C=O) groups excluding carboxylic acids is 1. The molecule has 0 heterocycles. The Morgan fingerprint density at radius 3 is 1.47 bits per heavy atom. The van der Waals surface area contributed by atoms with E-state index in [0.29, 0.717) is 6.42 Å². The van der Waals surface area contributed by atoms with Gasteiger partial charge in [0, 0.05) is 6.42 Å². The van der Waals surface area contributed by atoms with Crippen LogP contribution in [0.1, 0.15) is 174 Å². The highest BCUT2D eigenvalue weighted by Crippen LogP contribution is 2.12. The van der Waals surface area contributed by atoms with Gasteiger partial charge in [0.15, 0.2) is 0 Å². The second kappa shape index (κ2) is 34.8. The zero-order valence-electron chi connectivity index (χ0n) is 28.5. The van der Waals surface area contributed by atoms with Crippen LogP contribution in [0.2, 0.25) is 0 Å². The summed E-state index contributed by atoms with van der Waals surface area (Å²) in [7, 11) is 0. The third-order valence-electron chi connectivity index (χ3n) is 8.06. The Hall–Kier alpha value is -1.65. The van der Waals surface area contributed by atoms with Crippen LogP contribution in [-0.4, -0.2) is 34.9 Å². The quantitative estimate of drug-likeness (QED) is 0.0530. The van der Waals surface area contributed by atoms with Crippen LogP contribution in [0.4, 0.5) is 0 Å². The average molecular weight is 602 g/mol. The predicted molar refractivity (Wildman–Crippen MR) is 188 cm³/mol. The van der Waals surface area contributed by atoms with Crippen LogP contribution in [0.3, 0.4) is 0 Å². The number of allylic oxidation sites excluding steroid dienone is 7. The fraction of sp³-hybridized carbons (Fsp3) is 0.769. The SMILES string of the molecule is CCCCC/C=C\C/C=C\C/C=C\CCCCCCCCC(=O)NC(CO)C(O)/C=C/CCCCCCCCCCCC. The van der Waals surface area contributed by atoms with E-state index in [1.54, 1.807) is 6.08 Å². The Bertz CT molecular complexity index is 697. The van der Waals surface area contributed by atoms with Crippen LogP contribution in [0.25, 0.3) is 0 Å². The maximum absolute atomic E-state index is 12.3. The second-order valence-electron chi connectivity index (χ2n) is 12.3. The van der Waals surface area contributed by atoms with Crippen LogP contribution >= 0.6 is 0 Å². The lowest BCUT2D eigenvalue weighted by Gasteiger charge is -2.20. The smallest absolute Gasteiger partial charge is 0.220 e. The molecule has 4 nitrogen and oxygen atoms in total. The molecule has 0 aromatic heterocycles. The summed E-state index contributed by atoms with van der Waals surface area (Å²) in [6.45, 7) is 4.25. The monoisotopic (exact) mass is 602 g/mol. The molecule has 0 aliphatic rings. The van der Waals surface area contributed by atoms with Crippen molar-refractivity contribution < 1.29 is 15.0 Å². The summed E-state index contributed by atoms with van der Waals surface area (Å²) in [5, 5.41) is 22.8. The van der Waals surface area contributed by atoms with E-state index in [-0.39, 0.29) is 12.5 Å². The normalized spacial score (nSPS) is 13.7. The van der Waals surface area contributed by atoms with Crippen molar-refractivity contribution in [1.29, 1.82) is 0 Å². The Kier molecular flexibility index (Phi) is 33.5. The lowest BCUT2D eigenvalue weighted by atomic mass is 10.1. The number of aliphatic hydroxyl groups excluding tert-OH is 2. The summed E-state index contributed by atoms with van der Waals surface area (Å²) in [6, 6.07) is -0.628. The molecule has 0 aromatic carbocycles. The Balaban J connectivity index is 3.67. The largest absolute Gasteiger partial charge is 0.394 e. The number of hydrogen-bond donors (Lipinski definition) is 3. The van der Waals surface area contributed by atoms with Crippen molar-refractivity contribution in [2.75, 3.05) is 6.61 Å². The minimum Gasteiger partial charge on any atom is -0.394 e. The molecule has 250 valence electrons. The summed E-state index contributed by atoms with van der Waals surface area (Å²) in [6.07, 6.45) is 46.1. The minimum absolute atomic E-state index is 0.0802. The molecule has 3 N–H and O–H groups in total. The third kappa shape index (κ3) is 31.6. The van der Waals surface area contributed by atoms with Gasteiger partial charge in [0.1, 0.15) is 0 Å². The highest BCUT2D eigenvalue weighted by Gasteiger charge is 2.17. The number of hydrogen-bond acceptors (Lipinski definition) is 3. The van der Waals surface area contributed by atoms with Crippen LogP contribution in [0.15, 0.2) is 48.6 Å². The van der Waals surface area contributed by atoms with Gasteiger partial charge in [-0.25, -0.2) is 0 Å².